The third-order valence-electron chi connectivity index (χ3n) is 2.16. The van der Waals surface area contributed by atoms with E-state index >= 15 is 0 Å². The fraction of sp³-hybridized carbons (Fsp3) is 0.300. The van der Waals surface area contributed by atoms with Crippen LogP contribution in [0.15, 0.2) is 24.3 Å². The fourth-order valence-corrected chi connectivity index (χ4v) is 2.29. The minimum atomic E-state index is -0.406. The Hall–Kier alpha value is -1.07. The summed E-state index contributed by atoms with van der Waals surface area (Å²) < 4.78 is 13.2. The van der Waals surface area contributed by atoms with Gasteiger partial charge in [0, 0.05) is 11.6 Å². The highest BCUT2D eigenvalue weighted by molar-refractivity contribution is 7.99. The molecule has 0 aromatic heterocycles. The summed E-state index contributed by atoms with van der Waals surface area (Å²) in [4.78, 5) is 11.6. The van der Waals surface area contributed by atoms with E-state index in [1.807, 2.05) is 0 Å². The molecule has 0 saturated carbocycles. The summed E-state index contributed by atoms with van der Waals surface area (Å²) in [6.07, 6.45) is 0. The number of rotatable bonds is 2. The second-order valence-corrected chi connectivity index (χ2v) is 4.27. The van der Waals surface area contributed by atoms with Crippen molar-refractivity contribution in [1.29, 1.82) is 0 Å². The molecule has 3 nitrogen and oxygen atoms in total. The smallest absolute Gasteiger partial charge is 0.242 e. The molecule has 0 bridgehead atoms. The van der Waals surface area contributed by atoms with Gasteiger partial charge in [0.05, 0.1) is 11.7 Å². The van der Waals surface area contributed by atoms with Crippen LogP contribution < -0.4 is 10.6 Å². The third-order valence-corrected chi connectivity index (χ3v) is 3.10. The summed E-state index contributed by atoms with van der Waals surface area (Å²) >= 11 is 1.66. The third kappa shape index (κ3) is 2.49. The minimum Gasteiger partial charge on any atom is -0.322 e. The van der Waals surface area contributed by atoms with Crippen molar-refractivity contribution in [3.05, 3.63) is 30.1 Å². The molecule has 2 rings (SSSR count). The molecule has 0 unspecified atom stereocenters. The number of thioether (sulfide) groups is 1. The number of hydrogen-bond acceptors (Lipinski definition) is 3. The molecular formula is C10H11FN2OS. The molecule has 2 N–H and O–H groups in total. The molecule has 1 aromatic carbocycles. The maximum atomic E-state index is 13.2. The predicted octanol–water partition coefficient (Wildman–Crippen LogP) is 1.43. The van der Waals surface area contributed by atoms with E-state index < -0.39 is 5.82 Å². The zero-order valence-corrected chi connectivity index (χ0v) is 8.81. The van der Waals surface area contributed by atoms with Gasteiger partial charge in [-0.3, -0.25) is 10.1 Å². The molecule has 80 valence electrons. The Balaban J connectivity index is 2.02. The first-order chi connectivity index (χ1) is 7.27. The monoisotopic (exact) mass is 226 g/mol. The van der Waals surface area contributed by atoms with Crippen molar-refractivity contribution in [3.63, 3.8) is 0 Å². The Bertz CT molecular complexity index is 366. The van der Waals surface area contributed by atoms with Crippen molar-refractivity contribution in [3.8, 4) is 0 Å². The summed E-state index contributed by atoms with van der Waals surface area (Å²) in [5, 5.41) is 5.59. The van der Waals surface area contributed by atoms with E-state index in [-0.39, 0.29) is 17.6 Å². The summed E-state index contributed by atoms with van der Waals surface area (Å²) in [6.45, 7) is 0. The van der Waals surface area contributed by atoms with E-state index in [9.17, 15) is 9.18 Å². The van der Waals surface area contributed by atoms with Crippen molar-refractivity contribution in [2.75, 3.05) is 16.9 Å². The van der Waals surface area contributed by atoms with Gasteiger partial charge in [-0.2, -0.15) is 0 Å². The number of nitrogens with one attached hydrogen (secondary N) is 2. The molecule has 15 heavy (non-hydrogen) atoms. The van der Waals surface area contributed by atoms with E-state index in [0.29, 0.717) is 0 Å². The molecule has 5 heteroatoms. The molecule has 1 aromatic rings. The normalized spacial score (nSPS) is 20.2. The first-order valence-electron chi connectivity index (χ1n) is 4.64. The average Bonchev–Trinajstić information content (AvgIpc) is 2.74. The van der Waals surface area contributed by atoms with Crippen LogP contribution in [-0.2, 0) is 4.79 Å². The molecule has 1 aliphatic heterocycles. The zero-order chi connectivity index (χ0) is 10.7. The van der Waals surface area contributed by atoms with Crippen molar-refractivity contribution in [1.82, 2.24) is 5.32 Å². The lowest BCUT2D eigenvalue weighted by atomic mass is 10.2. The first kappa shape index (κ1) is 10.4. The number of carbonyl (C=O) groups is 1. The Kier molecular flexibility index (Phi) is 3.23. The number of amides is 1. The highest BCUT2D eigenvalue weighted by Crippen LogP contribution is 2.15. The molecule has 1 atom stereocenters. The lowest BCUT2D eigenvalue weighted by Gasteiger charge is -2.10. The van der Waals surface area contributed by atoms with E-state index in [4.69, 9.17) is 0 Å². The van der Waals surface area contributed by atoms with Gasteiger partial charge >= 0.3 is 0 Å². The number of anilines is 1. The predicted molar refractivity (Wildman–Crippen MR) is 59.3 cm³/mol. The van der Waals surface area contributed by atoms with Gasteiger partial charge in [0.15, 0.2) is 0 Å². The Morgan fingerprint density at radius 1 is 1.53 bits per heavy atom. The lowest BCUT2D eigenvalue weighted by molar-refractivity contribution is -0.117. The number of carbonyl (C=O) groups excluding carboxylic acids is 1. The van der Waals surface area contributed by atoms with Crippen LogP contribution in [0.3, 0.4) is 0 Å². The van der Waals surface area contributed by atoms with Gasteiger partial charge in [-0.25, -0.2) is 4.39 Å². The van der Waals surface area contributed by atoms with E-state index in [0.717, 1.165) is 11.6 Å². The molecular weight excluding hydrogens is 215 g/mol. The Morgan fingerprint density at radius 3 is 3.00 bits per heavy atom. The van der Waals surface area contributed by atoms with Crippen LogP contribution in [0.25, 0.3) is 0 Å². The second-order valence-electron chi connectivity index (χ2n) is 3.24. The summed E-state index contributed by atoms with van der Waals surface area (Å²) in [5.41, 5.74) is 0.237. The van der Waals surface area contributed by atoms with Gasteiger partial charge in [0.25, 0.3) is 0 Å². The highest BCUT2D eigenvalue weighted by atomic mass is 32.2. The molecule has 1 amide bonds. The largest absolute Gasteiger partial charge is 0.322 e. The van der Waals surface area contributed by atoms with Crippen molar-refractivity contribution in [2.24, 2.45) is 0 Å². The maximum absolute atomic E-state index is 13.2. The van der Waals surface area contributed by atoms with E-state index in [1.165, 1.54) is 6.07 Å². The molecule has 1 heterocycles. The number of para-hydroxylation sites is 1. The van der Waals surface area contributed by atoms with Crippen molar-refractivity contribution >= 4 is 23.4 Å². The number of benzene rings is 1. The Morgan fingerprint density at radius 2 is 2.33 bits per heavy atom. The summed E-state index contributed by atoms with van der Waals surface area (Å²) in [7, 11) is 0. The number of hydrogen-bond donors (Lipinski definition) is 2. The highest BCUT2D eigenvalue weighted by Gasteiger charge is 2.22. The van der Waals surface area contributed by atoms with E-state index in [2.05, 4.69) is 10.6 Å². The van der Waals surface area contributed by atoms with Crippen LogP contribution in [0.2, 0.25) is 0 Å². The molecule has 1 aliphatic rings. The van der Waals surface area contributed by atoms with Gasteiger partial charge in [-0.05, 0) is 12.1 Å². The fourth-order valence-electron chi connectivity index (χ4n) is 1.35. The minimum absolute atomic E-state index is 0.176. The SMILES string of the molecule is O=C(Nc1ccccc1F)[C@@H]1CSCN1. The van der Waals surface area contributed by atoms with Crippen LogP contribution in [0, 0.1) is 5.82 Å². The average molecular weight is 226 g/mol. The van der Waals surface area contributed by atoms with Crippen LogP contribution >= 0.6 is 11.8 Å². The standard InChI is InChI=1S/C10H11FN2OS/c11-7-3-1-2-4-8(7)13-10(14)9-5-15-6-12-9/h1-4,9,12H,5-6H2,(H,13,14)/t9-/m0/s1. The number of halogens is 1. The molecule has 0 radical (unpaired) electrons. The van der Waals surface area contributed by atoms with Gasteiger partial charge in [-0.1, -0.05) is 12.1 Å². The lowest BCUT2D eigenvalue weighted by Crippen LogP contribution is -2.37. The Labute approximate surface area is 91.4 Å². The molecule has 1 saturated heterocycles. The maximum Gasteiger partial charge on any atom is 0.242 e. The zero-order valence-electron chi connectivity index (χ0n) is 8.00. The van der Waals surface area contributed by atoms with Gasteiger partial charge in [-0.15, -0.1) is 11.8 Å². The topological polar surface area (TPSA) is 41.1 Å². The summed E-state index contributed by atoms with van der Waals surface area (Å²) in [5.74, 6) is 0.928. The van der Waals surface area contributed by atoms with Crippen LogP contribution in [-0.4, -0.2) is 23.6 Å². The van der Waals surface area contributed by atoms with Crippen LogP contribution in [0.4, 0.5) is 10.1 Å². The molecule has 1 fully saturated rings. The molecule has 0 aliphatic carbocycles. The second kappa shape index (κ2) is 4.63. The van der Waals surface area contributed by atoms with Gasteiger partial charge < -0.3 is 5.32 Å². The summed E-state index contributed by atoms with van der Waals surface area (Å²) in [6, 6.07) is 5.95. The quantitative estimate of drug-likeness (QED) is 0.801. The van der Waals surface area contributed by atoms with Crippen LogP contribution in [0.5, 0.6) is 0 Å². The van der Waals surface area contributed by atoms with E-state index in [1.54, 1.807) is 30.0 Å². The van der Waals surface area contributed by atoms with Crippen molar-refractivity contribution in [2.45, 2.75) is 6.04 Å². The van der Waals surface area contributed by atoms with Crippen molar-refractivity contribution < 1.29 is 9.18 Å². The van der Waals surface area contributed by atoms with Gasteiger partial charge in [0.1, 0.15) is 5.82 Å². The van der Waals surface area contributed by atoms with Gasteiger partial charge in [0.2, 0.25) is 5.91 Å². The first-order valence-corrected chi connectivity index (χ1v) is 5.79. The van der Waals surface area contributed by atoms with Crippen LogP contribution in [0.1, 0.15) is 0 Å². The molecule has 0 spiro atoms.